The number of hydrogen-bond donors (Lipinski definition) is 1. The first kappa shape index (κ1) is 15.8. The zero-order valence-corrected chi connectivity index (χ0v) is 15.5. The van der Waals surface area contributed by atoms with Crippen LogP contribution in [-0.4, -0.2) is 34.8 Å². The fourth-order valence-corrected chi connectivity index (χ4v) is 5.36. The molecular formula is C14H10N4O2S4. The number of sulfone groups is 1. The van der Waals surface area contributed by atoms with Gasteiger partial charge in [0, 0.05) is 6.26 Å². The number of hydrogen-bond acceptors (Lipinski definition) is 8. The van der Waals surface area contributed by atoms with Crippen LogP contribution in [0.1, 0.15) is 0 Å². The van der Waals surface area contributed by atoms with E-state index in [-0.39, 0.29) is 0 Å². The second-order valence-corrected chi connectivity index (χ2v) is 10.1. The minimum Gasteiger partial charge on any atom is -0.257 e. The van der Waals surface area contributed by atoms with Gasteiger partial charge in [0.25, 0.3) is 0 Å². The molecule has 1 aromatic carbocycles. The normalized spacial score (nSPS) is 12.0. The molecule has 0 amide bonds. The van der Waals surface area contributed by atoms with E-state index in [1.54, 1.807) is 29.5 Å². The number of aromatic nitrogens is 4. The van der Waals surface area contributed by atoms with E-state index in [9.17, 15) is 8.42 Å². The third-order valence-electron chi connectivity index (χ3n) is 3.17. The summed E-state index contributed by atoms with van der Waals surface area (Å²) in [6.45, 7) is 0. The van der Waals surface area contributed by atoms with Gasteiger partial charge < -0.3 is 0 Å². The van der Waals surface area contributed by atoms with Gasteiger partial charge in [0.05, 0.1) is 20.0 Å². The van der Waals surface area contributed by atoms with E-state index in [4.69, 9.17) is 0 Å². The van der Waals surface area contributed by atoms with E-state index >= 15 is 0 Å². The van der Waals surface area contributed by atoms with Gasteiger partial charge in [-0.2, -0.15) is 0 Å². The van der Waals surface area contributed by atoms with Crippen LogP contribution in [-0.2, 0) is 9.84 Å². The molecule has 1 N–H and O–H groups in total. The predicted octanol–water partition coefficient (Wildman–Crippen LogP) is 3.70. The van der Waals surface area contributed by atoms with Gasteiger partial charge in [-0.05, 0) is 41.4 Å². The van der Waals surface area contributed by atoms with Gasteiger partial charge in [-0.15, -0.1) is 27.8 Å². The van der Waals surface area contributed by atoms with Crippen molar-refractivity contribution >= 4 is 54.5 Å². The van der Waals surface area contributed by atoms with E-state index in [1.165, 1.54) is 29.4 Å². The van der Waals surface area contributed by atoms with Crippen molar-refractivity contribution in [2.45, 2.75) is 14.4 Å². The second kappa shape index (κ2) is 5.96. The number of thiazole rings is 1. The number of benzene rings is 1. The predicted molar refractivity (Wildman–Crippen MR) is 96.5 cm³/mol. The average Bonchev–Trinajstić information content (AvgIpc) is 3.25. The highest BCUT2D eigenvalue weighted by Gasteiger charge is 2.13. The molecule has 0 saturated carbocycles. The van der Waals surface area contributed by atoms with Crippen molar-refractivity contribution in [3.63, 3.8) is 0 Å². The molecule has 0 aliphatic rings. The average molecular weight is 395 g/mol. The van der Waals surface area contributed by atoms with Gasteiger partial charge in [-0.25, -0.2) is 18.4 Å². The largest absolute Gasteiger partial charge is 0.257 e. The summed E-state index contributed by atoms with van der Waals surface area (Å²) in [4.78, 5) is 10.3. The van der Waals surface area contributed by atoms with E-state index in [0.29, 0.717) is 10.1 Å². The SMILES string of the molecule is CS(=O)(=O)c1ccc2nc(Sc3n[nH]c(-c4cccs4)n3)sc2c1. The molecule has 0 spiro atoms. The van der Waals surface area contributed by atoms with E-state index in [2.05, 4.69) is 20.2 Å². The first-order chi connectivity index (χ1) is 11.5. The molecule has 0 aliphatic carbocycles. The molecule has 0 fully saturated rings. The van der Waals surface area contributed by atoms with Crippen LogP contribution in [0.25, 0.3) is 20.9 Å². The lowest BCUT2D eigenvalue weighted by atomic mass is 10.3. The van der Waals surface area contributed by atoms with Gasteiger partial charge in [0.15, 0.2) is 20.0 Å². The molecule has 4 aromatic rings. The first-order valence-corrected chi connectivity index (χ1v) is 11.1. The molecule has 0 saturated heterocycles. The van der Waals surface area contributed by atoms with E-state index in [0.717, 1.165) is 25.3 Å². The van der Waals surface area contributed by atoms with Crippen LogP contribution in [0.15, 0.2) is 50.1 Å². The van der Waals surface area contributed by atoms with Crippen LogP contribution < -0.4 is 0 Å². The highest BCUT2D eigenvalue weighted by atomic mass is 32.2. The Morgan fingerprint density at radius 1 is 1.21 bits per heavy atom. The fraction of sp³-hybridized carbons (Fsp3) is 0.0714. The standard InChI is InChI=1S/C14H10N4O2S4/c1-24(19,20)8-4-5-9-11(7-8)22-14(15-9)23-13-16-12(17-18-13)10-3-2-6-21-10/h2-7H,1H3,(H,16,17,18). The van der Waals surface area contributed by atoms with Crippen LogP contribution in [0.2, 0.25) is 0 Å². The summed E-state index contributed by atoms with van der Waals surface area (Å²) in [5, 5.41) is 9.68. The van der Waals surface area contributed by atoms with Gasteiger partial charge in [0.2, 0.25) is 5.16 Å². The highest BCUT2D eigenvalue weighted by Crippen LogP contribution is 2.34. The molecule has 0 radical (unpaired) electrons. The van der Waals surface area contributed by atoms with Crippen molar-refractivity contribution in [2.75, 3.05) is 6.26 Å². The molecule has 0 atom stereocenters. The molecule has 4 rings (SSSR count). The van der Waals surface area contributed by atoms with Crippen molar-refractivity contribution in [3.8, 4) is 10.7 Å². The highest BCUT2D eigenvalue weighted by molar-refractivity contribution is 8.01. The summed E-state index contributed by atoms with van der Waals surface area (Å²) in [7, 11) is -3.22. The molecule has 122 valence electrons. The summed E-state index contributed by atoms with van der Waals surface area (Å²) < 4.78 is 24.9. The topological polar surface area (TPSA) is 88.6 Å². The molecule has 0 bridgehead atoms. The number of fused-ring (bicyclic) bond motifs is 1. The van der Waals surface area contributed by atoms with Crippen LogP contribution in [0.4, 0.5) is 0 Å². The van der Waals surface area contributed by atoms with Crippen molar-refractivity contribution < 1.29 is 8.42 Å². The Bertz CT molecular complexity index is 1110. The zero-order chi connectivity index (χ0) is 16.7. The number of H-pyrrole nitrogens is 1. The third kappa shape index (κ3) is 3.09. The molecule has 3 heterocycles. The molecule has 6 nitrogen and oxygen atoms in total. The number of rotatable bonds is 4. The Morgan fingerprint density at radius 2 is 2.08 bits per heavy atom. The Hall–Kier alpha value is -1.75. The Labute approximate surface area is 149 Å². The van der Waals surface area contributed by atoms with Gasteiger partial charge in [0.1, 0.15) is 0 Å². The second-order valence-electron chi connectivity index (χ2n) is 4.93. The number of thiophene rings is 1. The van der Waals surface area contributed by atoms with E-state index in [1.807, 2.05) is 17.5 Å². The van der Waals surface area contributed by atoms with E-state index < -0.39 is 9.84 Å². The quantitative estimate of drug-likeness (QED) is 0.568. The minimum absolute atomic E-state index is 0.299. The maximum absolute atomic E-state index is 11.6. The molecule has 0 unspecified atom stereocenters. The summed E-state index contributed by atoms with van der Waals surface area (Å²) in [5.74, 6) is 0.730. The lowest BCUT2D eigenvalue weighted by Crippen LogP contribution is -1.95. The molecule has 0 aliphatic heterocycles. The molecule has 10 heteroatoms. The Morgan fingerprint density at radius 3 is 2.83 bits per heavy atom. The lowest BCUT2D eigenvalue weighted by molar-refractivity contribution is 0.602. The van der Waals surface area contributed by atoms with Crippen LogP contribution in [0.5, 0.6) is 0 Å². The number of aromatic amines is 1. The first-order valence-electron chi connectivity index (χ1n) is 6.74. The van der Waals surface area contributed by atoms with Crippen LogP contribution in [0, 0.1) is 0 Å². The number of nitrogens with one attached hydrogen (secondary N) is 1. The molecule has 3 aromatic heterocycles. The Kier molecular flexibility index (Phi) is 3.91. The van der Waals surface area contributed by atoms with Gasteiger partial charge >= 0.3 is 0 Å². The maximum atomic E-state index is 11.6. The van der Waals surface area contributed by atoms with Crippen molar-refractivity contribution in [1.29, 1.82) is 0 Å². The smallest absolute Gasteiger partial charge is 0.215 e. The summed E-state index contributed by atoms with van der Waals surface area (Å²) in [5.41, 5.74) is 0.768. The minimum atomic E-state index is -3.22. The summed E-state index contributed by atoms with van der Waals surface area (Å²) >= 11 is 4.37. The number of nitrogens with zero attached hydrogens (tertiary/aromatic N) is 3. The fourth-order valence-electron chi connectivity index (χ4n) is 2.05. The van der Waals surface area contributed by atoms with Crippen LogP contribution >= 0.6 is 34.4 Å². The lowest BCUT2D eigenvalue weighted by Gasteiger charge is -1.96. The van der Waals surface area contributed by atoms with Crippen molar-refractivity contribution in [3.05, 3.63) is 35.7 Å². The Balaban J connectivity index is 1.63. The van der Waals surface area contributed by atoms with Gasteiger partial charge in [-0.3, -0.25) is 5.10 Å². The summed E-state index contributed by atoms with van der Waals surface area (Å²) in [6, 6.07) is 8.89. The monoisotopic (exact) mass is 394 g/mol. The summed E-state index contributed by atoms with van der Waals surface area (Å²) in [6.07, 6.45) is 1.20. The molecule has 24 heavy (non-hydrogen) atoms. The molecular weight excluding hydrogens is 384 g/mol. The van der Waals surface area contributed by atoms with Crippen LogP contribution in [0.3, 0.4) is 0 Å². The zero-order valence-electron chi connectivity index (χ0n) is 12.3. The third-order valence-corrected chi connectivity index (χ3v) is 7.10. The van der Waals surface area contributed by atoms with Crippen molar-refractivity contribution in [1.82, 2.24) is 20.2 Å². The van der Waals surface area contributed by atoms with Gasteiger partial charge in [-0.1, -0.05) is 6.07 Å². The van der Waals surface area contributed by atoms with Crippen molar-refractivity contribution in [2.24, 2.45) is 0 Å². The maximum Gasteiger partial charge on any atom is 0.215 e.